The number of phenols is 4. The Kier molecular flexibility index (Phi) is 11.4. The molecule has 38 heavy (non-hydrogen) atoms. The number of nitrogens with two attached hydrogens (primary N) is 1. The molecular weight excluding hydrogens is 490 g/mol. The van der Waals surface area contributed by atoms with Crippen LogP contribution in [0.2, 0.25) is 0 Å². The van der Waals surface area contributed by atoms with Crippen molar-refractivity contribution in [1.82, 2.24) is 0 Å². The maximum absolute atomic E-state index is 11.9. The summed E-state index contributed by atoms with van der Waals surface area (Å²) in [5, 5.41) is 37.1. The Morgan fingerprint density at radius 1 is 0.711 bits per heavy atom. The molecule has 0 saturated carbocycles. The van der Waals surface area contributed by atoms with Crippen LogP contribution in [0.3, 0.4) is 0 Å². The molecule has 0 saturated heterocycles. The first-order chi connectivity index (χ1) is 18.2. The summed E-state index contributed by atoms with van der Waals surface area (Å²) in [6.07, 6.45) is 6.16. The van der Waals surface area contributed by atoms with Crippen molar-refractivity contribution in [1.29, 1.82) is 0 Å². The number of ketones is 2. The minimum atomic E-state index is -0.347. The van der Waals surface area contributed by atoms with Crippen LogP contribution in [0.5, 0.6) is 34.5 Å². The topological polar surface area (TPSA) is 160 Å². The van der Waals surface area contributed by atoms with E-state index >= 15 is 0 Å². The van der Waals surface area contributed by atoms with E-state index in [1.165, 1.54) is 50.6 Å². The highest BCUT2D eigenvalue weighted by Gasteiger charge is 2.06. The van der Waals surface area contributed by atoms with E-state index in [2.05, 4.69) is 0 Å². The van der Waals surface area contributed by atoms with Gasteiger partial charge in [0.25, 0.3) is 0 Å². The van der Waals surface area contributed by atoms with Crippen LogP contribution in [-0.4, -0.2) is 52.8 Å². The molecule has 200 valence electrons. The Hall–Kier alpha value is -4.76. The lowest BCUT2D eigenvalue weighted by molar-refractivity contribution is -0.121. The van der Waals surface area contributed by atoms with E-state index in [4.69, 9.17) is 25.4 Å². The fraction of sp³-hybridized carbons (Fsp3) is 0.172. The van der Waals surface area contributed by atoms with Crippen LogP contribution >= 0.6 is 0 Å². The number of ether oxygens (including phenoxy) is 2. The molecular formula is C29H31NO8. The first-order valence-electron chi connectivity index (χ1n) is 11.5. The summed E-state index contributed by atoms with van der Waals surface area (Å²) in [7, 11) is 2.87. The molecule has 3 rings (SSSR count). The molecule has 9 nitrogen and oxygen atoms in total. The molecule has 0 amide bonds. The highest BCUT2D eigenvalue weighted by Crippen LogP contribution is 2.28. The van der Waals surface area contributed by atoms with Crippen molar-refractivity contribution in [2.75, 3.05) is 20.8 Å². The summed E-state index contributed by atoms with van der Waals surface area (Å²) in [4.78, 5) is 23.9. The number of methoxy groups -OCH3 is 2. The maximum Gasteiger partial charge on any atom is 0.163 e. The van der Waals surface area contributed by atoms with Crippen LogP contribution < -0.4 is 15.2 Å². The number of benzene rings is 3. The highest BCUT2D eigenvalue weighted by atomic mass is 16.5. The van der Waals surface area contributed by atoms with E-state index in [0.29, 0.717) is 35.6 Å². The predicted molar refractivity (Wildman–Crippen MR) is 145 cm³/mol. The summed E-state index contributed by atoms with van der Waals surface area (Å²) >= 11 is 0. The van der Waals surface area contributed by atoms with Gasteiger partial charge in [0.2, 0.25) is 0 Å². The van der Waals surface area contributed by atoms with Crippen molar-refractivity contribution < 1.29 is 39.5 Å². The Morgan fingerprint density at radius 3 is 1.61 bits per heavy atom. The minimum Gasteiger partial charge on any atom is -0.504 e. The largest absolute Gasteiger partial charge is 0.504 e. The van der Waals surface area contributed by atoms with Crippen molar-refractivity contribution in [3.05, 3.63) is 83.4 Å². The lowest BCUT2D eigenvalue weighted by Crippen LogP contribution is -2.02. The Morgan fingerprint density at radius 2 is 1.18 bits per heavy atom. The molecule has 0 atom stereocenters. The average Bonchev–Trinajstić information content (AvgIpc) is 2.90. The van der Waals surface area contributed by atoms with Gasteiger partial charge < -0.3 is 35.6 Å². The zero-order valence-corrected chi connectivity index (χ0v) is 21.1. The molecule has 0 unspecified atom stereocenters. The van der Waals surface area contributed by atoms with E-state index in [1.807, 2.05) is 0 Å². The number of hydrogen-bond acceptors (Lipinski definition) is 9. The standard InChI is InChI=1S/C21H20O6.C8H11NO2/c1-26-20-11-14(5-9-18(20)24)3-7-16(22)13-17(23)8-4-15-6-10-19(25)21(12-15)27-2;9-4-3-6-1-2-7(10)8(11)5-6/h3-12,24-25H,13H2,1-2H3;1-2,5,10-11H,3-4,9H2/b7-3+,8-4+;. The smallest absolute Gasteiger partial charge is 0.163 e. The zero-order valence-electron chi connectivity index (χ0n) is 21.1. The number of carbonyl (C=O) groups excluding carboxylic acids is 2. The molecule has 3 aromatic rings. The zero-order chi connectivity index (χ0) is 28.1. The summed E-state index contributed by atoms with van der Waals surface area (Å²) in [6.45, 7) is 0.546. The van der Waals surface area contributed by atoms with Gasteiger partial charge in [-0.3, -0.25) is 9.59 Å². The van der Waals surface area contributed by atoms with Crippen molar-refractivity contribution in [3.8, 4) is 34.5 Å². The first kappa shape index (κ1) is 29.5. The molecule has 0 fully saturated rings. The van der Waals surface area contributed by atoms with Crippen LogP contribution in [0.25, 0.3) is 12.2 Å². The van der Waals surface area contributed by atoms with E-state index in [9.17, 15) is 19.8 Å². The van der Waals surface area contributed by atoms with E-state index < -0.39 is 0 Å². The Balaban J connectivity index is 0.000000384. The molecule has 0 heterocycles. The van der Waals surface area contributed by atoms with Gasteiger partial charge in [-0.05, 0) is 78.2 Å². The molecule has 0 bridgehead atoms. The van der Waals surface area contributed by atoms with Crippen LogP contribution in [-0.2, 0) is 16.0 Å². The van der Waals surface area contributed by atoms with Gasteiger partial charge in [-0.15, -0.1) is 0 Å². The number of allylic oxidation sites excluding steroid dienone is 2. The van der Waals surface area contributed by atoms with Gasteiger partial charge in [-0.1, -0.05) is 30.4 Å². The molecule has 0 aromatic heterocycles. The molecule has 0 radical (unpaired) electrons. The fourth-order valence-electron chi connectivity index (χ4n) is 3.15. The average molecular weight is 522 g/mol. The number of rotatable bonds is 10. The van der Waals surface area contributed by atoms with Crippen molar-refractivity contribution >= 4 is 23.7 Å². The number of hydrogen-bond donors (Lipinski definition) is 5. The molecule has 3 aromatic carbocycles. The molecule has 0 spiro atoms. The van der Waals surface area contributed by atoms with Gasteiger partial charge in [0.05, 0.1) is 20.6 Å². The Labute approximate surface area is 220 Å². The summed E-state index contributed by atoms with van der Waals surface area (Å²) < 4.78 is 10.00. The third-order valence-corrected chi connectivity index (χ3v) is 5.15. The number of aromatic hydroxyl groups is 4. The quantitative estimate of drug-likeness (QED) is 0.151. The Bertz CT molecular complexity index is 1240. The molecule has 9 heteroatoms. The molecule has 6 N–H and O–H groups in total. The molecule has 0 aliphatic rings. The van der Waals surface area contributed by atoms with Gasteiger partial charge in [0.1, 0.15) is 0 Å². The van der Waals surface area contributed by atoms with Gasteiger partial charge in [0.15, 0.2) is 46.1 Å². The summed E-state index contributed by atoms with van der Waals surface area (Å²) in [5.41, 5.74) is 7.57. The lowest BCUT2D eigenvalue weighted by atomic mass is 10.1. The van der Waals surface area contributed by atoms with E-state index in [-0.39, 0.29) is 41.0 Å². The first-order valence-corrected chi connectivity index (χ1v) is 11.5. The number of carbonyl (C=O) groups is 2. The normalized spacial score (nSPS) is 10.7. The third kappa shape index (κ3) is 9.36. The molecule has 0 aliphatic heterocycles. The molecule has 0 aliphatic carbocycles. The van der Waals surface area contributed by atoms with Crippen LogP contribution in [0.4, 0.5) is 0 Å². The summed E-state index contributed by atoms with van der Waals surface area (Å²) in [5.74, 6) is -0.262. The predicted octanol–water partition coefficient (Wildman–Crippen LogP) is 3.97. The van der Waals surface area contributed by atoms with Gasteiger partial charge >= 0.3 is 0 Å². The van der Waals surface area contributed by atoms with Gasteiger partial charge in [0, 0.05) is 0 Å². The van der Waals surface area contributed by atoms with E-state index in [0.717, 1.165) is 5.56 Å². The fourth-order valence-corrected chi connectivity index (χ4v) is 3.15. The van der Waals surface area contributed by atoms with Gasteiger partial charge in [-0.2, -0.15) is 0 Å². The summed E-state index contributed by atoms with van der Waals surface area (Å²) in [6, 6.07) is 14.1. The second-order valence-corrected chi connectivity index (χ2v) is 8.00. The SMILES string of the molecule is COc1cc(/C=C/C(=O)CC(=O)/C=C/c2ccc(O)c(OC)c2)ccc1O.NCCc1ccc(O)c(O)c1. The van der Waals surface area contributed by atoms with Crippen molar-refractivity contribution in [2.24, 2.45) is 5.73 Å². The highest BCUT2D eigenvalue weighted by molar-refractivity contribution is 6.10. The van der Waals surface area contributed by atoms with E-state index in [1.54, 1.807) is 42.5 Å². The monoisotopic (exact) mass is 521 g/mol. The van der Waals surface area contributed by atoms with Crippen LogP contribution in [0.15, 0.2) is 66.7 Å². The third-order valence-electron chi connectivity index (χ3n) is 5.15. The number of phenolic OH excluding ortho intramolecular Hbond substituents is 4. The second kappa shape index (κ2) is 14.7. The van der Waals surface area contributed by atoms with Crippen LogP contribution in [0.1, 0.15) is 23.1 Å². The van der Waals surface area contributed by atoms with Gasteiger partial charge in [-0.25, -0.2) is 0 Å². The van der Waals surface area contributed by atoms with Crippen molar-refractivity contribution in [2.45, 2.75) is 12.8 Å². The second-order valence-electron chi connectivity index (χ2n) is 8.00. The maximum atomic E-state index is 11.9. The minimum absolute atomic E-state index is 0.00662. The lowest BCUT2D eigenvalue weighted by Gasteiger charge is -2.03. The van der Waals surface area contributed by atoms with Crippen molar-refractivity contribution in [3.63, 3.8) is 0 Å². The van der Waals surface area contributed by atoms with Crippen LogP contribution in [0, 0.1) is 0 Å².